The van der Waals surface area contributed by atoms with E-state index in [0.29, 0.717) is 0 Å². The van der Waals surface area contributed by atoms with Crippen LogP contribution >= 0.6 is 0 Å². The van der Waals surface area contributed by atoms with E-state index in [0.717, 1.165) is 6.08 Å². The van der Waals surface area contributed by atoms with Crippen molar-refractivity contribution in [3.63, 3.8) is 0 Å². The Labute approximate surface area is 119 Å². The molecule has 21 heavy (non-hydrogen) atoms. The van der Waals surface area contributed by atoms with Crippen LogP contribution < -0.4 is 5.32 Å². The summed E-state index contributed by atoms with van der Waals surface area (Å²) in [5.41, 5.74) is -3.40. The molecule has 1 atom stereocenters. The Kier molecular flexibility index (Phi) is 5.12. The molecule has 2 N–H and O–H groups in total. The number of alkyl halides is 3. The molecular formula is C14H14F3NO3. The number of carboxylic acids is 1. The third kappa shape index (κ3) is 3.62. The van der Waals surface area contributed by atoms with Crippen LogP contribution in [0.3, 0.4) is 0 Å². The van der Waals surface area contributed by atoms with Crippen molar-refractivity contribution in [2.24, 2.45) is 0 Å². The maximum Gasteiger partial charge on any atom is 0.422 e. The first-order valence-electron chi connectivity index (χ1n) is 6.03. The Bertz CT molecular complexity index is 540. The topological polar surface area (TPSA) is 66.4 Å². The van der Waals surface area contributed by atoms with Gasteiger partial charge in [0.15, 0.2) is 0 Å². The minimum Gasteiger partial charge on any atom is -0.479 e. The molecule has 7 heteroatoms. The summed E-state index contributed by atoms with van der Waals surface area (Å²) in [4.78, 5) is 23.0. The predicted molar refractivity (Wildman–Crippen MR) is 69.8 cm³/mol. The van der Waals surface area contributed by atoms with Crippen molar-refractivity contribution in [2.45, 2.75) is 25.1 Å². The molecule has 1 unspecified atom stereocenters. The lowest BCUT2D eigenvalue weighted by Gasteiger charge is -2.31. The van der Waals surface area contributed by atoms with Crippen molar-refractivity contribution in [2.75, 3.05) is 0 Å². The monoisotopic (exact) mass is 301 g/mol. The third-order valence-corrected chi connectivity index (χ3v) is 2.87. The van der Waals surface area contributed by atoms with Gasteiger partial charge in [-0.1, -0.05) is 30.4 Å². The highest BCUT2D eigenvalue weighted by Crippen LogP contribution is 2.34. The maximum absolute atomic E-state index is 13.2. The SMILES string of the molecule is C/C=C/CC(NC(=O)c1ccccc1)(C(=O)O)C(F)(F)F. The van der Waals surface area contributed by atoms with Crippen LogP contribution in [0.1, 0.15) is 23.7 Å². The van der Waals surface area contributed by atoms with Gasteiger partial charge >= 0.3 is 12.1 Å². The molecule has 0 fully saturated rings. The van der Waals surface area contributed by atoms with E-state index >= 15 is 0 Å². The second-order valence-corrected chi connectivity index (χ2v) is 4.30. The zero-order chi connectivity index (χ0) is 16.1. The fourth-order valence-electron chi connectivity index (χ4n) is 1.65. The van der Waals surface area contributed by atoms with Crippen molar-refractivity contribution in [1.82, 2.24) is 5.32 Å². The van der Waals surface area contributed by atoms with Gasteiger partial charge in [0.25, 0.3) is 5.91 Å². The van der Waals surface area contributed by atoms with Gasteiger partial charge in [-0.3, -0.25) is 4.79 Å². The molecule has 1 amide bonds. The highest BCUT2D eigenvalue weighted by atomic mass is 19.4. The Morgan fingerprint density at radius 3 is 2.24 bits per heavy atom. The number of hydrogen-bond donors (Lipinski definition) is 2. The van der Waals surface area contributed by atoms with Gasteiger partial charge in [0.2, 0.25) is 5.54 Å². The van der Waals surface area contributed by atoms with Crippen LogP contribution in [0.4, 0.5) is 13.2 Å². The molecule has 0 saturated carbocycles. The summed E-state index contributed by atoms with van der Waals surface area (Å²) in [5, 5.41) is 10.6. The molecule has 1 aromatic rings. The molecule has 114 valence electrons. The van der Waals surface area contributed by atoms with E-state index in [1.54, 1.807) is 11.4 Å². The van der Waals surface area contributed by atoms with Gasteiger partial charge in [0.05, 0.1) is 0 Å². The molecule has 0 saturated heterocycles. The Morgan fingerprint density at radius 1 is 1.24 bits per heavy atom. The molecule has 0 aliphatic rings. The van der Waals surface area contributed by atoms with Crippen LogP contribution in [-0.4, -0.2) is 28.7 Å². The lowest BCUT2D eigenvalue weighted by molar-refractivity contribution is -0.206. The molecule has 0 heterocycles. The molecule has 0 bridgehead atoms. The summed E-state index contributed by atoms with van der Waals surface area (Å²) in [6.45, 7) is 1.46. The molecule has 1 rings (SSSR count). The number of carboxylic acid groups (broad SMARTS) is 1. The summed E-state index contributed by atoms with van der Waals surface area (Å²) in [6, 6.07) is 7.13. The Balaban J connectivity index is 3.18. The van der Waals surface area contributed by atoms with Crippen molar-refractivity contribution in [1.29, 1.82) is 0 Å². The van der Waals surface area contributed by atoms with Crippen molar-refractivity contribution < 1.29 is 27.9 Å². The summed E-state index contributed by atoms with van der Waals surface area (Å²) in [5.74, 6) is -3.25. The third-order valence-electron chi connectivity index (χ3n) is 2.87. The van der Waals surface area contributed by atoms with Gasteiger partial charge in [-0.05, 0) is 19.1 Å². The van der Waals surface area contributed by atoms with E-state index in [4.69, 9.17) is 5.11 Å². The van der Waals surface area contributed by atoms with E-state index < -0.39 is 30.0 Å². The summed E-state index contributed by atoms with van der Waals surface area (Å²) in [7, 11) is 0. The van der Waals surface area contributed by atoms with Gasteiger partial charge in [0, 0.05) is 12.0 Å². The van der Waals surface area contributed by atoms with Gasteiger partial charge in [-0.25, -0.2) is 4.79 Å². The number of allylic oxidation sites excluding steroid dienone is 1. The number of rotatable bonds is 5. The van der Waals surface area contributed by atoms with E-state index in [-0.39, 0.29) is 5.56 Å². The first-order valence-corrected chi connectivity index (χ1v) is 6.03. The molecule has 0 aliphatic carbocycles. The first kappa shape index (κ1) is 16.7. The highest BCUT2D eigenvalue weighted by Gasteiger charge is 2.61. The second-order valence-electron chi connectivity index (χ2n) is 4.30. The number of carbonyl (C=O) groups is 2. The lowest BCUT2D eigenvalue weighted by Crippen LogP contribution is -2.63. The molecule has 1 aromatic carbocycles. The average molecular weight is 301 g/mol. The second kappa shape index (κ2) is 6.43. The summed E-state index contributed by atoms with van der Waals surface area (Å²) >= 11 is 0. The van der Waals surface area contributed by atoms with Crippen LogP contribution in [-0.2, 0) is 4.79 Å². The van der Waals surface area contributed by atoms with Gasteiger partial charge in [-0.2, -0.15) is 13.2 Å². The number of nitrogens with one attached hydrogen (secondary N) is 1. The van der Waals surface area contributed by atoms with E-state index in [1.807, 2.05) is 0 Å². The first-order chi connectivity index (χ1) is 9.74. The molecule has 4 nitrogen and oxygen atoms in total. The fraction of sp³-hybridized carbons (Fsp3) is 0.286. The standard InChI is InChI=1S/C14H14F3NO3/c1-2-3-9-13(12(20)21,14(15,16)17)18-11(19)10-7-5-4-6-8-10/h2-8H,9H2,1H3,(H,18,19)(H,20,21)/b3-2+. The lowest BCUT2D eigenvalue weighted by atomic mass is 9.93. The molecule has 0 radical (unpaired) electrons. The predicted octanol–water partition coefficient (Wildman–Crippen LogP) is 2.77. The normalized spacial score (nSPS) is 14.7. The van der Waals surface area contributed by atoms with Crippen LogP contribution in [0, 0.1) is 0 Å². The maximum atomic E-state index is 13.2. The smallest absolute Gasteiger partial charge is 0.422 e. The number of hydrogen-bond acceptors (Lipinski definition) is 2. The van der Waals surface area contributed by atoms with Crippen LogP contribution in [0.25, 0.3) is 0 Å². The average Bonchev–Trinajstić information content (AvgIpc) is 2.42. The van der Waals surface area contributed by atoms with Crippen LogP contribution in [0.5, 0.6) is 0 Å². The quantitative estimate of drug-likeness (QED) is 0.822. The van der Waals surface area contributed by atoms with Gasteiger partial charge < -0.3 is 10.4 Å². The number of benzene rings is 1. The zero-order valence-corrected chi connectivity index (χ0v) is 11.1. The number of carbonyl (C=O) groups excluding carboxylic acids is 1. The van der Waals surface area contributed by atoms with E-state index in [9.17, 15) is 22.8 Å². The fourth-order valence-corrected chi connectivity index (χ4v) is 1.65. The number of aliphatic carboxylic acids is 1. The van der Waals surface area contributed by atoms with Gasteiger partial charge in [-0.15, -0.1) is 0 Å². The zero-order valence-electron chi connectivity index (χ0n) is 11.1. The molecule has 0 aliphatic heterocycles. The molecule has 0 aromatic heterocycles. The Morgan fingerprint density at radius 2 is 1.81 bits per heavy atom. The number of halogens is 3. The largest absolute Gasteiger partial charge is 0.479 e. The van der Waals surface area contributed by atoms with Crippen LogP contribution in [0.15, 0.2) is 42.5 Å². The minimum absolute atomic E-state index is 0.0483. The van der Waals surface area contributed by atoms with Gasteiger partial charge in [0.1, 0.15) is 0 Å². The van der Waals surface area contributed by atoms with E-state index in [1.165, 1.54) is 37.3 Å². The molecular weight excluding hydrogens is 287 g/mol. The van der Waals surface area contributed by atoms with Crippen molar-refractivity contribution in [3.05, 3.63) is 48.0 Å². The minimum atomic E-state index is -5.14. The summed E-state index contributed by atoms with van der Waals surface area (Å²) < 4.78 is 39.6. The van der Waals surface area contributed by atoms with Crippen LogP contribution in [0.2, 0.25) is 0 Å². The Hall–Kier alpha value is -2.31. The highest BCUT2D eigenvalue weighted by molar-refractivity contribution is 5.98. The number of amides is 1. The van der Waals surface area contributed by atoms with Crippen molar-refractivity contribution >= 4 is 11.9 Å². The van der Waals surface area contributed by atoms with Crippen molar-refractivity contribution in [3.8, 4) is 0 Å². The molecule has 0 spiro atoms. The summed E-state index contributed by atoms with van der Waals surface area (Å²) in [6.07, 6.45) is -3.69. The van der Waals surface area contributed by atoms with E-state index in [2.05, 4.69) is 0 Å².